The molecule has 1 saturated heterocycles. The van der Waals surface area contributed by atoms with Crippen LogP contribution < -0.4 is 10.2 Å². The van der Waals surface area contributed by atoms with Crippen molar-refractivity contribution in [3.05, 3.63) is 83.8 Å². The zero-order valence-electron chi connectivity index (χ0n) is 24.0. The lowest BCUT2D eigenvalue weighted by atomic mass is 10.0. The molecule has 3 aromatic rings. The molecule has 0 saturated carbocycles. The Kier molecular flexibility index (Phi) is 13.3. The number of phenolic OH excluding ortho intramolecular Hbond substituents is 1. The molecule has 250 valence electrons. The SMILES string of the molecule is CN(Cc1cccc(O)c1)C1CCN(c2cc(NC(=O)c3ccc(F)cc3)ccn2)CC1.O=C(O)C(F)(F)F.O=C(O)C(F)(F)F. The highest BCUT2D eigenvalue weighted by molar-refractivity contribution is 6.04. The minimum Gasteiger partial charge on any atom is -0.508 e. The van der Waals surface area contributed by atoms with Crippen LogP contribution in [0.2, 0.25) is 0 Å². The summed E-state index contributed by atoms with van der Waals surface area (Å²) in [6.07, 6.45) is -6.47. The summed E-state index contributed by atoms with van der Waals surface area (Å²) in [4.78, 5) is 39.3. The number of rotatable bonds is 6. The second-order valence-corrected chi connectivity index (χ2v) is 9.77. The zero-order chi connectivity index (χ0) is 34.7. The van der Waals surface area contributed by atoms with E-state index in [-0.39, 0.29) is 11.7 Å². The maximum absolute atomic E-state index is 13.1. The largest absolute Gasteiger partial charge is 0.508 e. The van der Waals surface area contributed by atoms with E-state index >= 15 is 0 Å². The molecule has 0 unspecified atom stereocenters. The van der Waals surface area contributed by atoms with E-state index in [9.17, 15) is 40.6 Å². The standard InChI is InChI=1S/C25H27FN4O2.2C2HF3O2/c1-29(17-18-3-2-4-23(31)15-18)22-10-13-30(14-11-22)24-16-21(9-12-27-24)28-25(32)19-5-7-20(26)8-6-19;2*3-2(4,5)1(6)7/h2-9,12,15-16,22,31H,10-11,13-14,17H2,1H3,(H,27,28,32);2*(H,6,7). The third kappa shape index (κ3) is 12.6. The number of carboxylic acids is 2. The molecule has 1 amide bonds. The van der Waals surface area contributed by atoms with Gasteiger partial charge < -0.3 is 25.5 Å². The zero-order valence-corrected chi connectivity index (χ0v) is 24.0. The number of aromatic hydroxyl groups is 1. The second kappa shape index (κ2) is 16.4. The number of alkyl halides is 6. The lowest BCUT2D eigenvalue weighted by molar-refractivity contribution is -0.193. The molecule has 0 aliphatic carbocycles. The van der Waals surface area contributed by atoms with Gasteiger partial charge in [-0.15, -0.1) is 0 Å². The van der Waals surface area contributed by atoms with E-state index in [4.69, 9.17) is 19.8 Å². The van der Waals surface area contributed by atoms with Crippen molar-refractivity contribution < 1.29 is 60.4 Å². The van der Waals surface area contributed by atoms with Crippen molar-refractivity contribution in [3.8, 4) is 5.75 Å². The van der Waals surface area contributed by atoms with Crippen LogP contribution in [0.1, 0.15) is 28.8 Å². The third-order valence-corrected chi connectivity index (χ3v) is 6.35. The molecule has 0 bridgehead atoms. The normalized spacial score (nSPS) is 13.5. The Bertz CT molecular complexity index is 1440. The number of nitrogens with zero attached hydrogens (tertiary/aromatic N) is 3. The molecule has 0 atom stereocenters. The molecule has 17 heteroatoms. The number of halogens is 7. The van der Waals surface area contributed by atoms with Crippen LogP contribution in [-0.4, -0.2) is 81.6 Å². The summed E-state index contributed by atoms with van der Waals surface area (Å²) < 4.78 is 76.6. The first kappa shape index (κ1) is 37.3. The number of carboxylic acid groups (broad SMARTS) is 2. The van der Waals surface area contributed by atoms with Crippen LogP contribution in [0.3, 0.4) is 0 Å². The highest BCUT2D eigenvalue weighted by Crippen LogP contribution is 2.24. The minimum atomic E-state index is -5.08. The van der Waals surface area contributed by atoms with Crippen molar-refractivity contribution in [1.82, 2.24) is 9.88 Å². The fourth-order valence-electron chi connectivity index (χ4n) is 4.08. The number of piperidine rings is 1. The van der Waals surface area contributed by atoms with Crippen molar-refractivity contribution in [2.45, 2.75) is 37.8 Å². The molecular formula is C29H29F7N4O6. The fourth-order valence-corrected chi connectivity index (χ4v) is 4.08. The number of benzene rings is 2. The van der Waals surface area contributed by atoms with Crippen LogP contribution in [-0.2, 0) is 16.1 Å². The minimum absolute atomic E-state index is 0.283. The Morgan fingerprint density at radius 3 is 1.96 bits per heavy atom. The van der Waals surface area contributed by atoms with Crippen molar-refractivity contribution in [3.63, 3.8) is 0 Å². The summed E-state index contributed by atoms with van der Waals surface area (Å²) >= 11 is 0. The van der Waals surface area contributed by atoms with Gasteiger partial charge in [0, 0.05) is 49.2 Å². The molecule has 2 aromatic carbocycles. The third-order valence-electron chi connectivity index (χ3n) is 6.35. The van der Waals surface area contributed by atoms with Crippen molar-refractivity contribution in [2.75, 3.05) is 30.4 Å². The van der Waals surface area contributed by atoms with E-state index in [1.54, 1.807) is 24.4 Å². The lowest BCUT2D eigenvalue weighted by Crippen LogP contribution is -2.43. The van der Waals surface area contributed by atoms with Crippen LogP contribution >= 0.6 is 0 Å². The van der Waals surface area contributed by atoms with Gasteiger partial charge in [0.15, 0.2) is 0 Å². The fraction of sp³-hybridized carbons (Fsp3) is 0.310. The predicted molar refractivity (Wildman–Crippen MR) is 151 cm³/mol. The van der Waals surface area contributed by atoms with E-state index < -0.39 is 24.3 Å². The van der Waals surface area contributed by atoms with E-state index in [1.807, 2.05) is 18.2 Å². The smallest absolute Gasteiger partial charge is 0.490 e. The van der Waals surface area contributed by atoms with Crippen LogP contribution in [0.5, 0.6) is 5.75 Å². The number of aliphatic carboxylic acids is 2. The monoisotopic (exact) mass is 662 g/mol. The molecule has 0 radical (unpaired) electrons. The van der Waals surface area contributed by atoms with Crippen molar-refractivity contribution in [2.24, 2.45) is 0 Å². The lowest BCUT2D eigenvalue weighted by Gasteiger charge is -2.37. The van der Waals surface area contributed by atoms with Crippen molar-refractivity contribution in [1.29, 1.82) is 0 Å². The molecule has 2 heterocycles. The highest BCUT2D eigenvalue weighted by Gasteiger charge is 2.38. The first-order valence-corrected chi connectivity index (χ1v) is 13.2. The number of anilines is 2. The van der Waals surface area contributed by atoms with Gasteiger partial charge in [-0.25, -0.2) is 19.0 Å². The maximum atomic E-state index is 13.1. The average Bonchev–Trinajstić information content (AvgIpc) is 2.97. The predicted octanol–water partition coefficient (Wildman–Crippen LogP) is 5.55. The molecular weight excluding hydrogens is 633 g/mol. The van der Waals surface area contributed by atoms with E-state index in [0.717, 1.165) is 43.9 Å². The summed E-state index contributed by atoms with van der Waals surface area (Å²) in [5, 5.41) is 26.8. The van der Waals surface area contributed by atoms with Crippen molar-refractivity contribution >= 4 is 29.4 Å². The summed E-state index contributed by atoms with van der Waals surface area (Å²) in [6.45, 7) is 2.54. The van der Waals surface area contributed by atoms with Crippen LogP contribution in [0.25, 0.3) is 0 Å². The Labute approximate surface area is 257 Å². The topological polar surface area (TPSA) is 143 Å². The van der Waals surface area contributed by atoms with Gasteiger partial charge in [-0.05, 0) is 67.9 Å². The molecule has 1 aliphatic heterocycles. The number of pyridine rings is 1. The Balaban J connectivity index is 0.000000440. The van der Waals surface area contributed by atoms with E-state index in [2.05, 4.69) is 27.1 Å². The highest BCUT2D eigenvalue weighted by atomic mass is 19.4. The van der Waals surface area contributed by atoms with Gasteiger partial charge >= 0.3 is 24.3 Å². The molecule has 1 aromatic heterocycles. The van der Waals surface area contributed by atoms with Gasteiger partial charge in [0.05, 0.1) is 0 Å². The summed E-state index contributed by atoms with van der Waals surface area (Å²) in [7, 11) is 2.12. The number of carbonyl (C=O) groups is 3. The van der Waals surface area contributed by atoms with E-state index in [0.29, 0.717) is 23.0 Å². The first-order chi connectivity index (χ1) is 21.4. The van der Waals surface area contributed by atoms with Gasteiger partial charge in [0.1, 0.15) is 17.4 Å². The van der Waals surface area contributed by atoms with Gasteiger partial charge in [-0.3, -0.25) is 9.69 Å². The second-order valence-electron chi connectivity index (χ2n) is 9.77. The number of amides is 1. The quantitative estimate of drug-likeness (QED) is 0.250. The Hall–Kier alpha value is -4.93. The number of hydrogen-bond donors (Lipinski definition) is 4. The van der Waals surface area contributed by atoms with Gasteiger partial charge in [-0.1, -0.05) is 12.1 Å². The molecule has 46 heavy (non-hydrogen) atoms. The van der Waals surface area contributed by atoms with E-state index in [1.165, 1.54) is 24.3 Å². The Morgan fingerprint density at radius 1 is 0.913 bits per heavy atom. The van der Waals surface area contributed by atoms with Gasteiger partial charge in [-0.2, -0.15) is 26.3 Å². The number of nitrogens with one attached hydrogen (secondary N) is 1. The van der Waals surface area contributed by atoms with Crippen LogP contribution in [0, 0.1) is 5.82 Å². The molecule has 0 spiro atoms. The summed E-state index contributed by atoms with van der Waals surface area (Å²) in [5.74, 6) is -5.04. The number of aromatic nitrogens is 1. The Morgan fingerprint density at radius 2 is 1.46 bits per heavy atom. The molecule has 4 rings (SSSR count). The summed E-state index contributed by atoms with van der Waals surface area (Å²) in [5.41, 5.74) is 2.16. The van der Waals surface area contributed by atoms with Crippen LogP contribution in [0.4, 0.5) is 42.2 Å². The first-order valence-electron chi connectivity index (χ1n) is 13.2. The average molecular weight is 663 g/mol. The summed E-state index contributed by atoms with van der Waals surface area (Å²) in [6, 6.07) is 16.9. The molecule has 4 N–H and O–H groups in total. The molecule has 10 nitrogen and oxygen atoms in total. The van der Waals surface area contributed by atoms with Gasteiger partial charge in [0.2, 0.25) is 0 Å². The molecule has 1 fully saturated rings. The van der Waals surface area contributed by atoms with Gasteiger partial charge in [0.25, 0.3) is 5.91 Å². The number of phenols is 1. The van der Waals surface area contributed by atoms with Crippen LogP contribution in [0.15, 0.2) is 66.9 Å². The number of carbonyl (C=O) groups excluding carboxylic acids is 1. The molecule has 1 aliphatic rings. The maximum Gasteiger partial charge on any atom is 0.490 e. The number of hydrogen-bond acceptors (Lipinski definition) is 7.